The number of ether oxygens (including phenoxy) is 1. The summed E-state index contributed by atoms with van der Waals surface area (Å²) in [5, 5.41) is 0. The average molecular weight is 606 g/mol. The van der Waals surface area contributed by atoms with Crippen molar-refractivity contribution >= 4 is 0 Å². The second-order valence-corrected chi connectivity index (χ2v) is 4.65. The van der Waals surface area contributed by atoms with Gasteiger partial charge in [-0.3, -0.25) is 9.97 Å². The van der Waals surface area contributed by atoms with E-state index in [1.807, 2.05) is 50.2 Å². The maximum Gasteiger partial charge on any atom is 0 e. The molecule has 0 saturated carbocycles. The van der Waals surface area contributed by atoms with E-state index in [1.165, 1.54) is 12.8 Å². The molecule has 1 aliphatic rings. The van der Waals surface area contributed by atoms with Gasteiger partial charge in [0, 0.05) is 45.0 Å². The molecule has 145 valence electrons. The van der Waals surface area contributed by atoms with Gasteiger partial charge in [-0.25, -0.2) is 0 Å². The van der Waals surface area contributed by atoms with Crippen LogP contribution >= 0.6 is 0 Å². The van der Waals surface area contributed by atoms with Crippen molar-refractivity contribution in [3.63, 3.8) is 0 Å². The second kappa shape index (κ2) is 24.6. The number of rotatable bonds is 1. The smallest absolute Gasteiger partial charge is 0 e. The van der Waals surface area contributed by atoms with Gasteiger partial charge in [0.25, 0.3) is 0 Å². The molecule has 0 aliphatic carbocycles. The first-order valence-electron chi connectivity index (χ1n) is 7.32. The van der Waals surface area contributed by atoms with Crippen molar-refractivity contribution in [1.29, 1.82) is 0 Å². The summed E-state index contributed by atoms with van der Waals surface area (Å²) in [7, 11) is 0. The van der Waals surface area contributed by atoms with E-state index in [-0.39, 0.29) is 37.4 Å². The zero-order valence-corrected chi connectivity index (χ0v) is 19.4. The minimum Gasteiger partial charge on any atom is 0 e. The van der Waals surface area contributed by atoms with Crippen molar-refractivity contribution in [3.05, 3.63) is 67.7 Å². The first kappa shape index (κ1) is 33.2. The third-order valence-electron chi connectivity index (χ3n) is 2.87. The fourth-order valence-electron chi connectivity index (χ4n) is 1.88. The van der Waals surface area contributed by atoms with Crippen LogP contribution in [0.2, 0.25) is 0 Å². The zero-order chi connectivity index (χ0) is 19.5. The Hall–Kier alpha value is -1.38. The quantitative estimate of drug-likeness (QED) is 0.349. The van der Waals surface area contributed by atoms with Crippen LogP contribution in [0.25, 0.3) is 11.4 Å². The number of hydrogen-bond donors (Lipinski definition) is 0. The molecule has 0 bridgehead atoms. The minimum absolute atomic E-state index is 0. The summed E-state index contributed by atoms with van der Waals surface area (Å²) in [6, 6.07) is 11.9. The molecule has 0 unspecified atom stereocenters. The number of aryl methyl sites for hydroxylation is 2. The van der Waals surface area contributed by atoms with Crippen molar-refractivity contribution in [2.24, 2.45) is 0 Å². The van der Waals surface area contributed by atoms with Crippen LogP contribution in [0.5, 0.6) is 0 Å². The Kier molecular flexibility index (Phi) is 30.3. The molecular formula is C19H20BrN2O4Re-. The molecule has 27 heavy (non-hydrogen) atoms. The van der Waals surface area contributed by atoms with Crippen molar-refractivity contribution in [2.75, 3.05) is 13.2 Å². The van der Waals surface area contributed by atoms with Crippen molar-refractivity contribution < 1.29 is 56.1 Å². The molecule has 1 aliphatic heterocycles. The monoisotopic (exact) mass is 606 g/mol. The van der Waals surface area contributed by atoms with Gasteiger partial charge in [0.2, 0.25) is 0 Å². The molecular weight excluding hydrogens is 586 g/mol. The second-order valence-electron chi connectivity index (χ2n) is 4.65. The molecule has 2 aromatic rings. The van der Waals surface area contributed by atoms with Gasteiger partial charge in [-0.1, -0.05) is 12.1 Å². The molecule has 0 N–H and O–H groups in total. The number of pyridine rings is 2. The number of aromatic nitrogens is 2. The molecule has 3 rings (SSSR count). The third kappa shape index (κ3) is 16.5. The van der Waals surface area contributed by atoms with Gasteiger partial charge in [0.05, 0.1) is 11.4 Å². The summed E-state index contributed by atoms with van der Waals surface area (Å²) in [5.74, 6) is 0. The Morgan fingerprint density at radius 1 is 0.741 bits per heavy atom. The predicted octanol–water partition coefficient (Wildman–Crippen LogP) is 0.446. The van der Waals surface area contributed by atoms with E-state index >= 15 is 0 Å². The third-order valence-corrected chi connectivity index (χ3v) is 2.87. The van der Waals surface area contributed by atoms with Crippen LogP contribution in [0.4, 0.5) is 0 Å². The molecule has 2 aromatic heterocycles. The van der Waals surface area contributed by atoms with Gasteiger partial charge in [0.15, 0.2) is 0 Å². The van der Waals surface area contributed by atoms with Crippen LogP contribution in [0.3, 0.4) is 0 Å². The fourth-order valence-corrected chi connectivity index (χ4v) is 1.88. The normalized spacial score (nSPS) is 9.93. The average Bonchev–Trinajstić information content (AvgIpc) is 3.27. The van der Waals surface area contributed by atoms with Crippen LogP contribution in [0.15, 0.2) is 36.4 Å². The standard InChI is InChI=1S/C12H12N2.C4H8O.3CO.BrH.Re/c1-9-5-3-7-11(13-9)12-8-4-6-10(2)14-12;1-2-4-5-3-1;3*1-2;;/h3-8H,1-2H3;1-4H2;;;;1H;/p-1. The zero-order valence-electron chi connectivity index (χ0n) is 15.1. The van der Waals surface area contributed by atoms with E-state index in [1.54, 1.807) is 0 Å². The molecule has 3 heterocycles. The van der Waals surface area contributed by atoms with E-state index in [0.717, 1.165) is 36.0 Å². The molecule has 1 fully saturated rings. The molecule has 1 radical (unpaired) electrons. The van der Waals surface area contributed by atoms with Crippen LogP contribution in [0.1, 0.15) is 24.2 Å². The molecule has 6 nitrogen and oxygen atoms in total. The fraction of sp³-hybridized carbons (Fsp3) is 0.316. The molecule has 8 heteroatoms. The Morgan fingerprint density at radius 3 is 1.30 bits per heavy atom. The Labute approximate surface area is 184 Å². The summed E-state index contributed by atoms with van der Waals surface area (Å²) in [5.41, 5.74) is 3.92. The molecule has 1 saturated heterocycles. The van der Waals surface area contributed by atoms with Crippen LogP contribution in [-0.4, -0.2) is 23.2 Å². The largest absolute Gasteiger partial charge is 0 e. The van der Waals surface area contributed by atoms with E-state index in [0.29, 0.717) is 0 Å². The SMILES string of the molecule is C1CCOC1.Cc1cccc(-c2cccc(C)n2)n1.[Br-].[C-]#[O+].[C-]#[O+].[C-]#[O+].[Re]. The van der Waals surface area contributed by atoms with Crippen LogP contribution < -0.4 is 17.0 Å². The first-order valence-corrected chi connectivity index (χ1v) is 7.32. The Morgan fingerprint density at radius 2 is 1.07 bits per heavy atom. The Bertz CT molecular complexity index is 594. The van der Waals surface area contributed by atoms with Gasteiger partial charge >= 0.3 is 33.9 Å². The summed E-state index contributed by atoms with van der Waals surface area (Å²) < 4.78 is 27.4. The van der Waals surface area contributed by atoms with E-state index in [4.69, 9.17) is 18.7 Å². The van der Waals surface area contributed by atoms with Gasteiger partial charge < -0.3 is 21.7 Å². The number of hydrogen-bond acceptors (Lipinski definition) is 3. The summed E-state index contributed by atoms with van der Waals surface area (Å²) in [6.45, 7) is 19.5. The summed E-state index contributed by atoms with van der Waals surface area (Å²) >= 11 is 0. The van der Waals surface area contributed by atoms with Gasteiger partial charge in [-0.2, -0.15) is 0 Å². The molecule has 0 aromatic carbocycles. The summed E-state index contributed by atoms with van der Waals surface area (Å²) in [4.78, 5) is 8.84. The van der Waals surface area contributed by atoms with E-state index in [2.05, 4.69) is 29.9 Å². The minimum atomic E-state index is 0. The van der Waals surface area contributed by atoms with Crippen molar-refractivity contribution in [3.8, 4) is 11.4 Å². The van der Waals surface area contributed by atoms with Crippen LogP contribution in [-0.2, 0) is 39.1 Å². The van der Waals surface area contributed by atoms with Gasteiger partial charge in [-0.05, 0) is 51.0 Å². The van der Waals surface area contributed by atoms with E-state index < -0.39 is 0 Å². The van der Waals surface area contributed by atoms with Crippen molar-refractivity contribution in [2.45, 2.75) is 26.7 Å². The van der Waals surface area contributed by atoms with Gasteiger partial charge in [-0.15, -0.1) is 0 Å². The molecule has 0 amide bonds. The maximum absolute atomic E-state index is 7.50. The molecule has 0 spiro atoms. The topological polar surface area (TPSA) is 94.7 Å². The maximum atomic E-state index is 7.50. The first-order chi connectivity index (χ1) is 12.3. The van der Waals surface area contributed by atoms with E-state index in [9.17, 15) is 0 Å². The van der Waals surface area contributed by atoms with Crippen molar-refractivity contribution in [1.82, 2.24) is 9.97 Å². The number of halogens is 1. The summed E-state index contributed by atoms with van der Waals surface area (Å²) in [6.07, 6.45) is 2.56. The van der Waals surface area contributed by atoms with Gasteiger partial charge in [0.1, 0.15) is 0 Å². The predicted molar refractivity (Wildman–Crippen MR) is 88.8 cm³/mol. The number of nitrogens with zero attached hydrogens (tertiary/aromatic N) is 2. The Balaban J connectivity index is -0.000000173. The molecule has 0 atom stereocenters. The van der Waals surface area contributed by atoms with Crippen LogP contribution in [0, 0.1) is 33.8 Å².